The van der Waals surface area contributed by atoms with Crippen LogP contribution in [0.15, 0.2) is 64.1 Å². The number of carbonyl (C=O) groups excluding carboxylic acids is 2. The average Bonchev–Trinajstić information content (AvgIpc) is 3.20. The van der Waals surface area contributed by atoms with Crippen molar-refractivity contribution >= 4 is 59.6 Å². The first-order valence-electron chi connectivity index (χ1n) is 12.4. The van der Waals surface area contributed by atoms with Crippen LogP contribution in [0.5, 0.6) is 0 Å². The van der Waals surface area contributed by atoms with Crippen molar-refractivity contribution in [2.24, 2.45) is 0 Å². The Morgan fingerprint density at radius 2 is 1.46 bits per heavy atom. The van der Waals surface area contributed by atoms with E-state index >= 15 is 0 Å². The summed E-state index contributed by atoms with van der Waals surface area (Å²) in [4.78, 5) is 32.7. The van der Waals surface area contributed by atoms with Gasteiger partial charge in [-0.2, -0.15) is 8.42 Å². The maximum atomic E-state index is 13.2. The number of amides is 2. The van der Waals surface area contributed by atoms with E-state index in [0.717, 1.165) is 41.3 Å². The Kier molecular flexibility index (Phi) is 10.8. The van der Waals surface area contributed by atoms with Crippen molar-refractivity contribution < 1.29 is 22.6 Å². The minimum absolute atomic E-state index is 0.133. The van der Waals surface area contributed by atoms with Crippen molar-refractivity contribution in [1.29, 1.82) is 0 Å². The molecule has 200 valence electrons. The third-order valence-corrected chi connectivity index (χ3v) is 8.78. The fourth-order valence-corrected chi connectivity index (χ4v) is 6.30. The molecule has 2 amide bonds. The Morgan fingerprint density at radius 3 is 2.05 bits per heavy atom. The molecule has 0 atom stereocenters. The van der Waals surface area contributed by atoms with Crippen LogP contribution in [0.25, 0.3) is 0 Å². The molecule has 0 radical (unpaired) electrons. The Labute approximate surface area is 231 Å². The molecule has 3 rings (SSSR count). The van der Waals surface area contributed by atoms with Gasteiger partial charge in [0, 0.05) is 0 Å². The van der Waals surface area contributed by atoms with Gasteiger partial charge in [0.1, 0.15) is 0 Å². The van der Waals surface area contributed by atoms with Crippen LogP contribution in [0.3, 0.4) is 0 Å². The summed E-state index contributed by atoms with van der Waals surface area (Å²) in [6.07, 6.45) is 10.8. The fraction of sp³-hybridized carbons (Fsp3) is 0.423. The molecule has 1 aromatic rings. The molecule has 0 bridgehead atoms. The Bertz CT molecular complexity index is 1190. The summed E-state index contributed by atoms with van der Waals surface area (Å²) < 4.78 is 32.0. The van der Waals surface area contributed by atoms with Gasteiger partial charge < -0.3 is 0 Å². The van der Waals surface area contributed by atoms with Gasteiger partial charge in [0.15, 0.2) is 0 Å². The van der Waals surface area contributed by atoms with E-state index < -0.39 is 10.1 Å². The first-order chi connectivity index (χ1) is 17.7. The number of rotatable bonds is 12. The molecule has 1 fully saturated rings. The van der Waals surface area contributed by atoms with E-state index in [1.165, 1.54) is 0 Å². The van der Waals surface area contributed by atoms with Gasteiger partial charge >= 0.3 is 191 Å². The van der Waals surface area contributed by atoms with Crippen molar-refractivity contribution in [3.8, 4) is 0 Å². The van der Waals surface area contributed by atoms with Crippen molar-refractivity contribution in [3.05, 3.63) is 59.2 Å². The van der Waals surface area contributed by atoms with E-state index in [0.29, 0.717) is 24.3 Å². The van der Waals surface area contributed by atoms with Gasteiger partial charge in [-0.15, -0.1) is 0 Å². The molecule has 2 aliphatic rings. The number of hydrogen-bond acceptors (Lipinski definition) is 6. The topological polar surface area (TPSA) is 98.2 Å². The number of allylic oxidation sites excluding steroid dienone is 4. The van der Waals surface area contributed by atoms with Crippen LogP contribution >= 0.6 is 11.8 Å². The second kappa shape index (κ2) is 13.6. The molecule has 1 N–H and O–H groups in total. The molecule has 0 spiro atoms. The van der Waals surface area contributed by atoms with E-state index in [9.17, 15) is 18.0 Å². The summed E-state index contributed by atoms with van der Waals surface area (Å²) in [7, 11) is -4.03. The Balaban J connectivity index is 1.81. The average molecular weight is 611 g/mol. The SMILES string of the molecule is CCCCN1C(=O)C(=CC=CC=C2Sc3ccccc3N2CCCS(=O)(=O)O)C(=O)N(CCCC)C1=[Se]. The third-order valence-electron chi connectivity index (χ3n) is 5.92. The summed E-state index contributed by atoms with van der Waals surface area (Å²) >= 11 is 4.49. The van der Waals surface area contributed by atoms with E-state index in [-0.39, 0.29) is 29.6 Å². The number of thioether (sulfide) groups is 1. The molecular formula is C26H33N3O5S2Se. The molecule has 8 nitrogen and oxygen atoms in total. The molecule has 0 aliphatic carbocycles. The van der Waals surface area contributed by atoms with Crippen molar-refractivity contribution in [2.45, 2.75) is 50.8 Å². The molecule has 0 saturated carbocycles. The van der Waals surface area contributed by atoms with Crippen molar-refractivity contribution in [2.75, 3.05) is 30.3 Å². The number of nitrogens with zero attached hydrogens (tertiary/aromatic N) is 3. The number of anilines is 1. The number of unbranched alkanes of at least 4 members (excludes halogenated alkanes) is 2. The summed E-state index contributed by atoms with van der Waals surface area (Å²) in [5.74, 6) is -0.911. The second-order valence-corrected chi connectivity index (χ2v) is 12.1. The summed E-state index contributed by atoms with van der Waals surface area (Å²) in [6.45, 7) is 5.64. The summed E-state index contributed by atoms with van der Waals surface area (Å²) in [5, 5.41) is 0.889. The number of para-hydroxylation sites is 1. The molecule has 37 heavy (non-hydrogen) atoms. The molecule has 11 heteroatoms. The van der Waals surface area contributed by atoms with Gasteiger partial charge in [0.2, 0.25) is 0 Å². The fourth-order valence-electron chi connectivity index (χ4n) is 3.97. The number of hydrogen-bond donors (Lipinski definition) is 1. The van der Waals surface area contributed by atoms with E-state index in [1.807, 2.05) is 35.2 Å². The van der Waals surface area contributed by atoms with Gasteiger partial charge in [-0.05, 0) is 0 Å². The van der Waals surface area contributed by atoms with Crippen LogP contribution in [0, 0.1) is 0 Å². The first kappa shape index (κ1) is 29.4. The number of fused-ring (bicyclic) bond motifs is 1. The second-order valence-electron chi connectivity index (χ2n) is 8.73. The zero-order valence-corrected chi connectivity index (χ0v) is 24.5. The molecular weight excluding hydrogens is 577 g/mol. The zero-order chi connectivity index (χ0) is 27.0. The van der Waals surface area contributed by atoms with Gasteiger partial charge in [0.05, 0.1) is 5.75 Å². The van der Waals surface area contributed by atoms with Crippen LogP contribution in [0.1, 0.15) is 46.0 Å². The number of benzene rings is 1. The summed E-state index contributed by atoms with van der Waals surface area (Å²) in [5.41, 5.74) is 1.10. The van der Waals surface area contributed by atoms with Crippen LogP contribution in [0.4, 0.5) is 5.69 Å². The van der Waals surface area contributed by atoms with Crippen LogP contribution in [-0.2, 0) is 19.7 Å². The van der Waals surface area contributed by atoms with Crippen molar-refractivity contribution in [1.82, 2.24) is 9.80 Å². The van der Waals surface area contributed by atoms with Crippen molar-refractivity contribution in [3.63, 3.8) is 0 Å². The predicted octanol–water partition coefficient (Wildman–Crippen LogP) is 3.73. The van der Waals surface area contributed by atoms with E-state index in [1.54, 1.807) is 39.8 Å². The standard InChI is InChI=1S/C26H33N3O5S2Se/c1-3-5-16-28-24(30)20(25(31)29(26(28)37)17-6-4-2)12-7-10-15-23-27(18-11-19-36(32,33)34)21-13-8-9-14-22(21)35-23/h7-10,12-15H,3-6,11,16-19H2,1-2H3,(H,32,33,34). The first-order valence-corrected chi connectivity index (χ1v) is 15.7. The van der Waals surface area contributed by atoms with Gasteiger partial charge in [0.25, 0.3) is 10.1 Å². The minimum atomic E-state index is -4.03. The maximum absolute atomic E-state index is 13.2. The molecule has 1 saturated heterocycles. The monoisotopic (exact) mass is 611 g/mol. The zero-order valence-electron chi connectivity index (χ0n) is 21.1. The molecule has 2 aliphatic heterocycles. The van der Waals surface area contributed by atoms with Gasteiger partial charge in [-0.3, -0.25) is 4.55 Å². The molecule has 0 aromatic heterocycles. The van der Waals surface area contributed by atoms with Gasteiger partial charge in [-0.1, -0.05) is 12.1 Å². The van der Waals surface area contributed by atoms with Crippen LogP contribution in [-0.4, -0.2) is 80.2 Å². The van der Waals surface area contributed by atoms with E-state index in [4.69, 9.17) is 4.55 Å². The molecule has 1 aromatic carbocycles. The van der Waals surface area contributed by atoms with Crippen LogP contribution < -0.4 is 4.90 Å². The Hall–Kier alpha value is -2.17. The van der Waals surface area contributed by atoms with Crippen LogP contribution in [0.2, 0.25) is 0 Å². The Morgan fingerprint density at radius 1 is 0.892 bits per heavy atom. The quantitative estimate of drug-likeness (QED) is 0.167. The predicted molar refractivity (Wildman–Crippen MR) is 150 cm³/mol. The normalized spacial score (nSPS) is 17.5. The number of carbonyl (C=O) groups is 2. The third kappa shape index (κ3) is 7.67. The van der Waals surface area contributed by atoms with E-state index in [2.05, 4.69) is 29.4 Å². The molecule has 2 heterocycles. The summed E-state index contributed by atoms with van der Waals surface area (Å²) in [6, 6.07) is 7.82. The molecule has 0 unspecified atom stereocenters. The van der Waals surface area contributed by atoms with Gasteiger partial charge in [-0.25, -0.2) is 0 Å².